The van der Waals surface area contributed by atoms with E-state index in [1.165, 1.54) is 0 Å². The van der Waals surface area contributed by atoms with E-state index in [2.05, 4.69) is 50.6 Å². The molecule has 3 heterocycles. The number of nitrogens with zero attached hydrogens (tertiary/aromatic N) is 4. The van der Waals surface area contributed by atoms with E-state index < -0.39 is 29.6 Å². The zero-order valence-corrected chi connectivity index (χ0v) is 30.9. The van der Waals surface area contributed by atoms with Gasteiger partial charge in [0.1, 0.15) is 24.0 Å². The highest BCUT2D eigenvalue weighted by molar-refractivity contribution is 9.10. The summed E-state index contributed by atoms with van der Waals surface area (Å²) in [5, 5.41) is 12.4. The third kappa shape index (κ3) is 9.49. The van der Waals surface area contributed by atoms with Crippen molar-refractivity contribution in [2.45, 2.75) is 89.6 Å². The minimum absolute atomic E-state index is 0.127. The number of rotatable bonds is 9. The Morgan fingerprint density at radius 3 is 2.64 bits per heavy atom. The highest BCUT2D eigenvalue weighted by atomic mass is 79.9. The molecule has 0 saturated carbocycles. The molecule has 5 rings (SSSR count). The Morgan fingerprint density at radius 2 is 1.88 bits per heavy atom. The molecule has 2 aromatic carbocycles. The Bertz CT molecular complexity index is 1630. The summed E-state index contributed by atoms with van der Waals surface area (Å²) in [6, 6.07) is 14.9. The summed E-state index contributed by atoms with van der Waals surface area (Å²) in [6.07, 6.45) is 4.81. The number of nitrogens with one attached hydrogen (secondary N) is 1. The van der Waals surface area contributed by atoms with Crippen LogP contribution in [0.3, 0.4) is 0 Å². The van der Waals surface area contributed by atoms with Crippen LogP contribution in [0.2, 0.25) is 0 Å². The first-order valence-corrected chi connectivity index (χ1v) is 18.2. The predicted octanol–water partition coefficient (Wildman–Crippen LogP) is 5.43. The molecular weight excluding hydrogens is 704 g/mol. The summed E-state index contributed by atoms with van der Waals surface area (Å²) >= 11 is 3.60. The first-order chi connectivity index (χ1) is 24.0. The minimum Gasteiger partial charge on any atom is -0.461 e. The van der Waals surface area contributed by atoms with Crippen molar-refractivity contribution in [1.82, 2.24) is 25.2 Å². The molecule has 1 amide bonds. The fourth-order valence-corrected chi connectivity index (χ4v) is 7.41. The first-order valence-electron chi connectivity index (χ1n) is 17.4. The number of unbranched alkanes of at least 4 members (excludes halogenated alkanes) is 1. The van der Waals surface area contributed by atoms with Crippen LogP contribution in [0, 0.1) is 11.8 Å². The van der Waals surface area contributed by atoms with Gasteiger partial charge < -0.3 is 25.3 Å². The van der Waals surface area contributed by atoms with Gasteiger partial charge in [0.15, 0.2) is 5.60 Å². The summed E-state index contributed by atoms with van der Waals surface area (Å²) in [5.41, 5.74) is 8.16. The maximum Gasteiger partial charge on any atom is 0.410 e. The van der Waals surface area contributed by atoms with Crippen molar-refractivity contribution in [1.29, 1.82) is 0 Å². The number of benzene rings is 2. The van der Waals surface area contributed by atoms with Crippen LogP contribution in [0.5, 0.6) is 0 Å². The lowest BCUT2D eigenvalue weighted by Crippen LogP contribution is -2.59. The summed E-state index contributed by atoms with van der Waals surface area (Å²) in [5.74, 6) is -1.54. The Labute approximate surface area is 302 Å². The number of hydrogen-bond acceptors (Lipinski definition) is 10. The maximum absolute atomic E-state index is 13.7. The highest BCUT2D eigenvalue weighted by Gasteiger charge is 2.55. The Hall–Kier alpha value is -3.81. The lowest BCUT2D eigenvalue weighted by molar-refractivity contribution is -0.157. The van der Waals surface area contributed by atoms with Gasteiger partial charge in [0, 0.05) is 48.4 Å². The molecular formula is C37H49BrN6O6. The SMILES string of the molecule is CO[C@H]1CCC(=O)[C@@H](C)C(=O)OC[C@@]2(C)OC(=O)N(CCCCn3cc(-c4cccc(N)c4)nn3)[C@@H]2[C@@H](Cc2cccc(Br)c2)NC[C@H](C)C1. The van der Waals surface area contributed by atoms with E-state index in [1.54, 1.807) is 23.6 Å². The average molecular weight is 754 g/mol. The number of fused-ring (bicyclic) bond motifs is 1. The Balaban J connectivity index is 1.37. The quantitative estimate of drug-likeness (QED) is 0.125. The number of cyclic esters (lactones) is 1. The first kappa shape index (κ1) is 37.4. The molecule has 2 aliphatic heterocycles. The number of nitrogen functional groups attached to an aromatic ring is 1. The molecule has 12 nitrogen and oxygen atoms in total. The largest absolute Gasteiger partial charge is 0.461 e. The second kappa shape index (κ2) is 16.9. The number of ketones is 1. The number of amides is 1. The van der Waals surface area contributed by atoms with Gasteiger partial charge in [0.25, 0.3) is 0 Å². The van der Waals surface area contributed by atoms with Gasteiger partial charge in [0.2, 0.25) is 0 Å². The molecule has 2 fully saturated rings. The van der Waals surface area contributed by atoms with Crippen LogP contribution in [0.1, 0.15) is 58.4 Å². The van der Waals surface area contributed by atoms with E-state index in [0.717, 1.165) is 34.1 Å². The van der Waals surface area contributed by atoms with Crippen LogP contribution in [0.4, 0.5) is 10.5 Å². The molecule has 0 aliphatic carbocycles. The third-order valence-electron chi connectivity index (χ3n) is 9.78. The monoisotopic (exact) mass is 752 g/mol. The Kier molecular flexibility index (Phi) is 12.7. The average Bonchev–Trinajstić information content (AvgIpc) is 3.66. The number of aromatic nitrogens is 3. The molecule has 0 bridgehead atoms. The molecule has 270 valence electrons. The highest BCUT2D eigenvalue weighted by Crippen LogP contribution is 2.35. The fourth-order valence-electron chi connectivity index (χ4n) is 6.96. The topological polar surface area (TPSA) is 151 Å². The zero-order chi connectivity index (χ0) is 35.8. The maximum atomic E-state index is 13.7. The van der Waals surface area contributed by atoms with E-state index in [4.69, 9.17) is 19.9 Å². The van der Waals surface area contributed by atoms with Crippen molar-refractivity contribution < 1.29 is 28.6 Å². The molecule has 50 heavy (non-hydrogen) atoms. The second-order valence-electron chi connectivity index (χ2n) is 13.9. The van der Waals surface area contributed by atoms with Crippen LogP contribution in [-0.4, -0.2) is 88.3 Å². The number of anilines is 1. The Morgan fingerprint density at radius 1 is 1.10 bits per heavy atom. The second-order valence-corrected chi connectivity index (χ2v) is 14.8. The number of carbonyl (C=O) groups is 3. The van der Waals surface area contributed by atoms with Crippen LogP contribution in [0.15, 0.2) is 59.2 Å². The van der Waals surface area contributed by atoms with Gasteiger partial charge in [-0.05, 0) is 88.2 Å². The summed E-state index contributed by atoms with van der Waals surface area (Å²) in [7, 11) is 1.66. The number of aryl methyl sites for hydroxylation is 1. The molecule has 2 aliphatic rings. The number of carbonyl (C=O) groups excluding carboxylic acids is 3. The van der Waals surface area contributed by atoms with Gasteiger partial charge in [-0.3, -0.25) is 19.2 Å². The molecule has 13 heteroatoms. The van der Waals surface area contributed by atoms with E-state index in [-0.39, 0.29) is 36.9 Å². The fraction of sp³-hybridized carbons (Fsp3) is 0.541. The number of methoxy groups -OCH3 is 1. The van der Waals surface area contributed by atoms with Crippen LogP contribution in [-0.2, 0) is 36.8 Å². The standard InChI is InChI=1S/C37H49BrN6O6/c1-24-17-30(48-4)13-14-33(45)25(2)35(46)49-23-37(3)34(31(40-21-24)19-26-9-7-11-28(38)18-26)44(36(47)50-37)16-6-5-15-43-22-32(41-42-43)27-10-8-12-29(39)20-27/h7-12,18,20,22,24-25,30-31,34,40H,5-6,13-17,19,21,23,39H2,1-4H3/t24-,25-,30+,31-,34-,37-/m1/s1. The molecule has 0 radical (unpaired) electrons. The number of nitrogens with two attached hydrogens (primary N) is 1. The normalized spacial score (nSPS) is 26.9. The van der Waals surface area contributed by atoms with Gasteiger partial charge in [-0.25, -0.2) is 4.79 Å². The van der Waals surface area contributed by atoms with Crippen LogP contribution >= 0.6 is 15.9 Å². The minimum atomic E-state index is -1.17. The van der Waals surface area contributed by atoms with E-state index in [0.29, 0.717) is 44.6 Å². The van der Waals surface area contributed by atoms with Gasteiger partial charge in [-0.1, -0.05) is 52.3 Å². The number of halogens is 1. The zero-order valence-electron chi connectivity index (χ0n) is 29.3. The summed E-state index contributed by atoms with van der Waals surface area (Å²) in [6.45, 7) is 7.07. The van der Waals surface area contributed by atoms with Gasteiger partial charge >= 0.3 is 12.1 Å². The number of Topliss-reactive ketones (excluding diaryl/α,β-unsaturated/α-hetero) is 1. The molecule has 0 spiro atoms. The number of esters is 1. The van der Waals surface area contributed by atoms with Crippen molar-refractivity contribution in [3.63, 3.8) is 0 Å². The predicted molar refractivity (Wildman–Crippen MR) is 193 cm³/mol. The van der Waals surface area contributed by atoms with Gasteiger partial charge in [0.05, 0.1) is 18.3 Å². The number of hydrogen-bond donors (Lipinski definition) is 2. The van der Waals surface area contributed by atoms with Gasteiger partial charge in [-0.2, -0.15) is 0 Å². The third-order valence-corrected chi connectivity index (χ3v) is 10.3. The molecule has 0 unspecified atom stereocenters. The molecule has 3 aromatic rings. The lowest BCUT2D eigenvalue weighted by Gasteiger charge is -2.38. The van der Waals surface area contributed by atoms with Crippen LogP contribution < -0.4 is 11.1 Å². The lowest BCUT2D eigenvalue weighted by atomic mass is 9.86. The number of ether oxygens (including phenoxy) is 3. The van der Waals surface area contributed by atoms with E-state index in [1.807, 2.05) is 49.5 Å². The molecule has 3 N–H and O–H groups in total. The van der Waals surface area contributed by atoms with Crippen molar-refractivity contribution in [2.75, 3.05) is 32.5 Å². The van der Waals surface area contributed by atoms with Crippen molar-refractivity contribution >= 4 is 39.5 Å². The summed E-state index contributed by atoms with van der Waals surface area (Å²) < 4.78 is 20.4. The van der Waals surface area contributed by atoms with E-state index >= 15 is 0 Å². The molecule has 6 atom stereocenters. The van der Waals surface area contributed by atoms with E-state index in [9.17, 15) is 14.4 Å². The van der Waals surface area contributed by atoms with Crippen molar-refractivity contribution in [3.05, 3.63) is 64.8 Å². The smallest absolute Gasteiger partial charge is 0.410 e. The van der Waals surface area contributed by atoms with Crippen LogP contribution in [0.25, 0.3) is 11.3 Å². The van der Waals surface area contributed by atoms with Gasteiger partial charge in [-0.15, -0.1) is 5.10 Å². The molecule has 2 saturated heterocycles. The van der Waals surface area contributed by atoms with Crippen molar-refractivity contribution in [3.8, 4) is 11.3 Å². The summed E-state index contributed by atoms with van der Waals surface area (Å²) in [4.78, 5) is 41.6. The van der Waals surface area contributed by atoms with Crippen molar-refractivity contribution in [2.24, 2.45) is 11.8 Å². The molecule has 1 aromatic heterocycles.